The van der Waals surface area contributed by atoms with Crippen molar-refractivity contribution in [3.8, 4) is 0 Å². The van der Waals surface area contributed by atoms with Gasteiger partial charge in [0.05, 0.1) is 5.69 Å². The molecule has 0 aliphatic carbocycles. The number of halogens is 2. The van der Waals surface area contributed by atoms with Crippen LogP contribution in [-0.2, 0) is 0 Å². The maximum Gasteiger partial charge on any atom is 0.256 e. The van der Waals surface area contributed by atoms with E-state index in [4.69, 9.17) is 0 Å². The van der Waals surface area contributed by atoms with Crippen molar-refractivity contribution in [1.29, 1.82) is 0 Å². The number of amides is 1. The van der Waals surface area contributed by atoms with Gasteiger partial charge in [-0.3, -0.25) is 4.79 Å². The van der Waals surface area contributed by atoms with Crippen LogP contribution in [0.4, 0.5) is 10.1 Å². The average molecular weight is 309 g/mol. The maximum absolute atomic E-state index is 13.1. The molecule has 1 heterocycles. The number of carbonyl (C=O) groups is 1. The first-order valence-electron chi connectivity index (χ1n) is 5.26. The third kappa shape index (κ3) is 2.73. The normalized spacial score (nSPS) is 10.2. The van der Waals surface area contributed by atoms with Crippen molar-refractivity contribution in [2.45, 2.75) is 6.92 Å². The van der Waals surface area contributed by atoms with Gasteiger partial charge in [0.2, 0.25) is 0 Å². The Balaban J connectivity index is 2.28. The lowest BCUT2D eigenvalue weighted by Crippen LogP contribution is -2.14. The highest BCUT2D eigenvalue weighted by Crippen LogP contribution is 2.20. The summed E-state index contributed by atoms with van der Waals surface area (Å²) in [4.78, 5) is 16.0. The topological polar surface area (TPSA) is 42.0 Å². The fraction of sp³-hybridized carbons (Fsp3) is 0.0769. The summed E-state index contributed by atoms with van der Waals surface area (Å²) in [7, 11) is 0. The van der Waals surface area contributed by atoms with E-state index in [9.17, 15) is 9.18 Å². The van der Waals surface area contributed by atoms with E-state index in [1.165, 1.54) is 12.1 Å². The number of hydrogen-bond acceptors (Lipinski definition) is 2. The molecule has 0 saturated heterocycles. The van der Waals surface area contributed by atoms with Gasteiger partial charge in [-0.25, -0.2) is 9.37 Å². The molecule has 1 aromatic heterocycles. The zero-order valence-corrected chi connectivity index (χ0v) is 11.2. The minimum absolute atomic E-state index is 0.311. The molecule has 0 spiro atoms. The summed E-state index contributed by atoms with van der Waals surface area (Å²) in [5, 5.41) is 2.68. The van der Waals surface area contributed by atoms with E-state index in [1.54, 1.807) is 31.3 Å². The average Bonchev–Trinajstić information content (AvgIpc) is 2.35. The minimum Gasteiger partial charge on any atom is -0.320 e. The van der Waals surface area contributed by atoms with Crippen molar-refractivity contribution in [1.82, 2.24) is 4.98 Å². The summed E-state index contributed by atoms with van der Waals surface area (Å²) in [6, 6.07) is 7.53. The molecule has 0 atom stereocenters. The second-order valence-electron chi connectivity index (χ2n) is 3.76. The number of pyridine rings is 1. The molecule has 3 nitrogen and oxygen atoms in total. The van der Waals surface area contributed by atoms with Crippen LogP contribution in [-0.4, -0.2) is 10.9 Å². The summed E-state index contributed by atoms with van der Waals surface area (Å²) in [6.45, 7) is 1.76. The molecule has 1 aromatic carbocycles. The Labute approximate surface area is 112 Å². The van der Waals surface area contributed by atoms with Gasteiger partial charge < -0.3 is 5.32 Å². The first-order valence-corrected chi connectivity index (χ1v) is 6.05. The van der Waals surface area contributed by atoms with Crippen LogP contribution in [0.2, 0.25) is 0 Å². The number of carbonyl (C=O) groups excluding carboxylic acids is 1. The third-order valence-electron chi connectivity index (χ3n) is 2.45. The summed E-state index contributed by atoms with van der Waals surface area (Å²) in [5.74, 6) is -0.795. The Morgan fingerprint density at radius 2 is 2.17 bits per heavy atom. The monoisotopic (exact) mass is 308 g/mol. The molecule has 0 aliphatic heterocycles. The van der Waals surface area contributed by atoms with Gasteiger partial charge in [0.25, 0.3) is 5.91 Å². The van der Waals surface area contributed by atoms with Crippen molar-refractivity contribution < 1.29 is 9.18 Å². The van der Waals surface area contributed by atoms with Crippen molar-refractivity contribution in [2.75, 3.05) is 5.32 Å². The summed E-state index contributed by atoms with van der Waals surface area (Å²) < 4.78 is 13.7. The molecular weight excluding hydrogens is 299 g/mol. The van der Waals surface area contributed by atoms with E-state index in [2.05, 4.69) is 26.2 Å². The highest BCUT2D eigenvalue weighted by Gasteiger charge is 2.11. The second-order valence-corrected chi connectivity index (χ2v) is 4.51. The highest BCUT2D eigenvalue weighted by molar-refractivity contribution is 9.10. The molecule has 2 aromatic rings. The van der Waals surface area contributed by atoms with E-state index < -0.39 is 5.82 Å². The minimum atomic E-state index is -0.434. The third-order valence-corrected chi connectivity index (χ3v) is 3.08. The molecule has 0 aliphatic rings. The number of anilines is 1. The van der Waals surface area contributed by atoms with Gasteiger partial charge in [-0.15, -0.1) is 0 Å². The van der Waals surface area contributed by atoms with Crippen LogP contribution in [0.1, 0.15) is 15.9 Å². The van der Waals surface area contributed by atoms with Gasteiger partial charge in [0.15, 0.2) is 0 Å². The molecule has 2 rings (SSSR count). The van der Waals surface area contributed by atoms with Crippen LogP contribution in [0, 0.1) is 12.7 Å². The quantitative estimate of drug-likeness (QED) is 0.862. The lowest BCUT2D eigenvalue weighted by Gasteiger charge is -2.08. The highest BCUT2D eigenvalue weighted by atomic mass is 79.9. The predicted octanol–water partition coefficient (Wildman–Crippen LogP) is 3.54. The number of aromatic nitrogens is 1. The first-order chi connectivity index (χ1) is 8.58. The molecule has 18 heavy (non-hydrogen) atoms. The van der Waals surface area contributed by atoms with E-state index in [1.807, 2.05) is 0 Å². The number of benzene rings is 1. The van der Waals surface area contributed by atoms with Crippen molar-refractivity contribution in [3.63, 3.8) is 0 Å². The zero-order chi connectivity index (χ0) is 13.1. The molecular formula is C13H10BrFN2O. The summed E-state index contributed by atoms with van der Waals surface area (Å²) in [5.41, 5.74) is 1.57. The Kier molecular flexibility index (Phi) is 3.72. The molecule has 0 saturated carbocycles. The smallest absolute Gasteiger partial charge is 0.256 e. The Morgan fingerprint density at radius 1 is 1.39 bits per heavy atom. The van der Waals surface area contributed by atoms with Gasteiger partial charge >= 0.3 is 0 Å². The SMILES string of the molecule is Cc1ccc(F)cc1C(=O)Nc1cccnc1Br. The standard InChI is InChI=1S/C13H10BrFN2O/c1-8-4-5-9(15)7-10(8)13(18)17-11-3-2-6-16-12(11)14/h2-7H,1H3,(H,17,18). The van der Waals surface area contributed by atoms with Crippen LogP contribution in [0.25, 0.3) is 0 Å². The van der Waals surface area contributed by atoms with E-state index in [0.717, 1.165) is 0 Å². The molecule has 1 N–H and O–H groups in total. The summed E-state index contributed by atoms with van der Waals surface area (Å²) in [6.07, 6.45) is 1.60. The van der Waals surface area contributed by atoms with E-state index in [0.29, 0.717) is 21.4 Å². The van der Waals surface area contributed by atoms with E-state index >= 15 is 0 Å². The molecule has 0 bridgehead atoms. The molecule has 0 fully saturated rings. The molecule has 0 unspecified atom stereocenters. The number of hydrogen-bond donors (Lipinski definition) is 1. The molecule has 1 amide bonds. The van der Waals surface area contributed by atoms with Gasteiger partial charge in [0, 0.05) is 11.8 Å². The fourth-order valence-corrected chi connectivity index (χ4v) is 1.86. The van der Waals surface area contributed by atoms with Crippen LogP contribution >= 0.6 is 15.9 Å². The number of rotatable bonds is 2. The van der Waals surface area contributed by atoms with Crippen LogP contribution in [0.3, 0.4) is 0 Å². The Morgan fingerprint density at radius 3 is 2.89 bits per heavy atom. The molecule has 5 heteroatoms. The van der Waals surface area contributed by atoms with E-state index in [-0.39, 0.29) is 5.91 Å². The van der Waals surface area contributed by atoms with Crippen molar-refractivity contribution in [2.24, 2.45) is 0 Å². The fourth-order valence-electron chi connectivity index (χ4n) is 1.51. The lowest BCUT2D eigenvalue weighted by atomic mass is 10.1. The van der Waals surface area contributed by atoms with Crippen LogP contribution < -0.4 is 5.32 Å². The number of aryl methyl sites for hydroxylation is 1. The number of nitrogens with zero attached hydrogens (tertiary/aromatic N) is 1. The van der Waals surface area contributed by atoms with Crippen LogP contribution in [0.5, 0.6) is 0 Å². The van der Waals surface area contributed by atoms with Crippen molar-refractivity contribution >= 4 is 27.5 Å². The maximum atomic E-state index is 13.1. The van der Waals surface area contributed by atoms with Gasteiger partial charge in [-0.1, -0.05) is 6.07 Å². The van der Waals surface area contributed by atoms with Gasteiger partial charge in [-0.05, 0) is 52.7 Å². The lowest BCUT2D eigenvalue weighted by molar-refractivity contribution is 0.102. The Bertz CT molecular complexity index is 601. The Hall–Kier alpha value is -1.75. The first kappa shape index (κ1) is 12.7. The summed E-state index contributed by atoms with van der Waals surface area (Å²) >= 11 is 3.23. The second kappa shape index (κ2) is 5.27. The van der Waals surface area contributed by atoms with Crippen molar-refractivity contribution in [3.05, 3.63) is 58.1 Å². The van der Waals surface area contributed by atoms with Gasteiger partial charge in [0.1, 0.15) is 10.4 Å². The van der Waals surface area contributed by atoms with Crippen LogP contribution in [0.15, 0.2) is 41.1 Å². The van der Waals surface area contributed by atoms with Gasteiger partial charge in [-0.2, -0.15) is 0 Å². The zero-order valence-electron chi connectivity index (χ0n) is 9.58. The largest absolute Gasteiger partial charge is 0.320 e. The molecule has 0 radical (unpaired) electrons. The number of nitrogens with one attached hydrogen (secondary N) is 1. The molecule has 92 valence electrons. The predicted molar refractivity (Wildman–Crippen MR) is 71.0 cm³/mol.